The fourth-order valence-electron chi connectivity index (χ4n) is 1.21. The van der Waals surface area contributed by atoms with Crippen molar-refractivity contribution in [3.05, 3.63) is 24.0 Å². The summed E-state index contributed by atoms with van der Waals surface area (Å²) < 4.78 is 39.7. The van der Waals surface area contributed by atoms with Gasteiger partial charge in [0.25, 0.3) is 0 Å². The molecule has 0 fully saturated rings. The molecule has 0 aromatic heterocycles. The first-order valence-electron chi connectivity index (χ1n) is 5.68. The summed E-state index contributed by atoms with van der Waals surface area (Å²) in [5, 5.41) is 9.94. The first-order chi connectivity index (χ1) is 8.37. The first-order valence-corrected chi connectivity index (χ1v) is 7.16. The van der Waals surface area contributed by atoms with Crippen LogP contribution in [0.25, 0.3) is 0 Å². The van der Waals surface area contributed by atoms with Gasteiger partial charge in [-0.25, -0.2) is 17.5 Å². The van der Waals surface area contributed by atoms with Crippen molar-refractivity contribution in [1.29, 1.82) is 0 Å². The second kappa shape index (κ2) is 4.73. The molecule has 1 aromatic rings. The molecule has 0 amide bonds. The van der Waals surface area contributed by atoms with Gasteiger partial charge in [-0.1, -0.05) is 0 Å². The van der Waals surface area contributed by atoms with Crippen LogP contribution in [0.4, 0.5) is 10.1 Å². The van der Waals surface area contributed by atoms with Gasteiger partial charge in [-0.05, 0) is 45.9 Å². The molecule has 0 saturated heterocycles. The fraction of sp³-hybridized carbons (Fsp3) is 0.500. The van der Waals surface area contributed by atoms with Crippen LogP contribution in [-0.2, 0) is 10.0 Å². The minimum Gasteiger partial charge on any atom is -0.396 e. The van der Waals surface area contributed by atoms with Gasteiger partial charge >= 0.3 is 0 Å². The standard InChI is InChI=1S/C12H19FN2O3S/c1-11(2,12(3,4)16)15-19(17,18)8-5-6-9(13)10(14)7-8/h5-7,15-16H,14H2,1-4H3. The van der Waals surface area contributed by atoms with Gasteiger partial charge in [-0.3, -0.25) is 0 Å². The number of benzene rings is 1. The molecule has 0 unspecified atom stereocenters. The fourth-order valence-corrected chi connectivity index (χ4v) is 2.78. The number of nitrogens with one attached hydrogen (secondary N) is 1. The van der Waals surface area contributed by atoms with E-state index in [2.05, 4.69) is 4.72 Å². The summed E-state index contributed by atoms with van der Waals surface area (Å²) in [5.41, 5.74) is 2.73. The van der Waals surface area contributed by atoms with E-state index in [1.165, 1.54) is 13.8 Å². The van der Waals surface area contributed by atoms with Gasteiger partial charge in [0, 0.05) is 0 Å². The minimum absolute atomic E-state index is 0.149. The molecule has 0 aliphatic rings. The first kappa shape index (κ1) is 15.9. The van der Waals surface area contributed by atoms with Crippen molar-refractivity contribution in [3.63, 3.8) is 0 Å². The number of halogens is 1. The van der Waals surface area contributed by atoms with Crippen LogP contribution in [0, 0.1) is 5.82 Å². The molecule has 0 bridgehead atoms. The van der Waals surface area contributed by atoms with Crippen molar-refractivity contribution >= 4 is 15.7 Å². The molecule has 0 heterocycles. The minimum atomic E-state index is -3.90. The van der Waals surface area contributed by atoms with Crippen LogP contribution in [0.15, 0.2) is 23.1 Å². The highest BCUT2D eigenvalue weighted by Gasteiger charge is 2.38. The Balaban J connectivity index is 3.16. The predicted molar refractivity (Wildman–Crippen MR) is 71.5 cm³/mol. The summed E-state index contributed by atoms with van der Waals surface area (Å²) in [6, 6.07) is 3.15. The third-order valence-electron chi connectivity index (χ3n) is 3.20. The maximum Gasteiger partial charge on any atom is 0.241 e. The summed E-state index contributed by atoms with van der Waals surface area (Å²) >= 11 is 0. The zero-order valence-corrected chi connectivity index (χ0v) is 12.2. The van der Waals surface area contributed by atoms with Crippen molar-refractivity contribution in [2.24, 2.45) is 0 Å². The van der Waals surface area contributed by atoms with Crippen LogP contribution >= 0.6 is 0 Å². The maximum absolute atomic E-state index is 13.0. The molecule has 1 aromatic carbocycles. The van der Waals surface area contributed by atoms with E-state index in [1.54, 1.807) is 13.8 Å². The van der Waals surface area contributed by atoms with Crippen LogP contribution in [0.3, 0.4) is 0 Å². The molecule has 0 radical (unpaired) electrons. The van der Waals surface area contributed by atoms with E-state index in [0.29, 0.717) is 0 Å². The number of nitrogens with two attached hydrogens (primary N) is 1. The molecule has 0 atom stereocenters. The van der Waals surface area contributed by atoms with Crippen molar-refractivity contribution in [1.82, 2.24) is 4.72 Å². The molecule has 0 saturated carbocycles. The zero-order chi connectivity index (χ0) is 15.1. The number of hydrogen-bond acceptors (Lipinski definition) is 4. The maximum atomic E-state index is 13.0. The molecule has 1 rings (SSSR count). The number of rotatable bonds is 4. The Hall–Kier alpha value is -1.18. The van der Waals surface area contributed by atoms with Gasteiger partial charge < -0.3 is 10.8 Å². The van der Waals surface area contributed by atoms with Gasteiger partial charge in [0.15, 0.2) is 0 Å². The van der Waals surface area contributed by atoms with Crippen LogP contribution in [-0.4, -0.2) is 24.7 Å². The highest BCUT2D eigenvalue weighted by atomic mass is 32.2. The third-order valence-corrected chi connectivity index (χ3v) is 4.85. The summed E-state index contributed by atoms with van der Waals surface area (Å²) in [6.07, 6.45) is 0. The van der Waals surface area contributed by atoms with Crippen LogP contribution < -0.4 is 10.5 Å². The molecule has 108 valence electrons. The van der Waals surface area contributed by atoms with E-state index >= 15 is 0 Å². The largest absolute Gasteiger partial charge is 0.396 e. The summed E-state index contributed by atoms with van der Waals surface area (Å²) in [7, 11) is -3.90. The van der Waals surface area contributed by atoms with Crippen LogP contribution in [0.2, 0.25) is 0 Å². The van der Waals surface area contributed by atoms with Crippen LogP contribution in [0.1, 0.15) is 27.7 Å². The molecule has 0 aliphatic heterocycles. The van der Waals surface area contributed by atoms with Gasteiger partial charge in [0.05, 0.1) is 21.7 Å². The lowest BCUT2D eigenvalue weighted by Crippen LogP contribution is -2.57. The molecule has 19 heavy (non-hydrogen) atoms. The Morgan fingerprint density at radius 3 is 2.21 bits per heavy atom. The zero-order valence-electron chi connectivity index (χ0n) is 11.4. The summed E-state index contributed by atoms with van der Waals surface area (Å²) in [4.78, 5) is -0.149. The lowest BCUT2D eigenvalue weighted by Gasteiger charge is -2.37. The molecular weight excluding hydrogens is 271 g/mol. The molecule has 4 N–H and O–H groups in total. The van der Waals surface area contributed by atoms with E-state index < -0.39 is 27.0 Å². The highest BCUT2D eigenvalue weighted by molar-refractivity contribution is 7.89. The van der Waals surface area contributed by atoms with E-state index in [9.17, 15) is 17.9 Å². The lowest BCUT2D eigenvalue weighted by atomic mass is 9.87. The van der Waals surface area contributed by atoms with E-state index in [1.807, 2.05) is 0 Å². The average Bonchev–Trinajstić information content (AvgIpc) is 2.18. The normalized spacial score (nSPS) is 13.6. The number of sulfonamides is 1. The molecule has 0 aliphatic carbocycles. The van der Waals surface area contributed by atoms with Gasteiger partial charge in [-0.15, -0.1) is 0 Å². The monoisotopic (exact) mass is 290 g/mol. The van der Waals surface area contributed by atoms with Crippen molar-refractivity contribution in [3.8, 4) is 0 Å². The van der Waals surface area contributed by atoms with E-state index in [0.717, 1.165) is 18.2 Å². The van der Waals surface area contributed by atoms with Crippen molar-refractivity contribution < 1.29 is 17.9 Å². The smallest absolute Gasteiger partial charge is 0.241 e. The number of anilines is 1. The Bertz CT molecular complexity index is 577. The third kappa shape index (κ3) is 3.43. The quantitative estimate of drug-likeness (QED) is 0.727. The molecule has 5 nitrogen and oxygen atoms in total. The second-order valence-electron chi connectivity index (χ2n) is 5.47. The molecule has 0 spiro atoms. The molecule has 7 heteroatoms. The predicted octanol–water partition coefficient (Wildman–Crippen LogP) is 1.24. The average molecular weight is 290 g/mol. The molecular formula is C12H19FN2O3S. The Kier molecular flexibility index (Phi) is 3.96. The topological polar surface area (TPSA) is 92.4 Å². The second-order valence-corrected chi connectivity index (χ2v) is 7.16. The number of aliphatic hydroxyl groups is 1. The Labute approximate surface area is 112 Å². The van der Waals surface area contributed by atoms with Crippen molar-refractivity contribution in [2.75, 3.05) is 5.73 Å². The van der Waals surface area contributed by atoms with E-state index in [-0.39, 0.29) is 10.6 Å². The van der Waals surface area contributed by atoms with E-state index in [4.69, 9.17) is 5.73 Å². The van der Waals surface area contributed by atoms with Crippen molar-refractivity contribution in [2.45, 2.75) is 43.7 Å². The summed E-state index contributed by atoms with van der Waals surface area (Å²) in [6.45, 7) is 6.10. The Morgan fingerprint density at radius 1 is 1.26 bits per heavy atom. The van der Waals surface area contributed by atoms with Gasteiger partial charge in [-0.2, -0.15) is 0 Å². The SMILES string of the molecule is CC(C)(O)C(C)(C)NS(=O)(=O)c1ccc(F)c(N)c1. The highest BCUT2D eigenvalue weighted by Crippen LogP contribution is 2.24. The van der Waals surface area contributed by atoms with Crippen LogP contribution in [0.5, 0.6) is 0 Å². The lowest BCUT2D eigenvalue weighted by molar-refractivity contribution is 0.00639. The number of nitrogen functional groups attached to an aromatic ring is 1. The number of hydrogen-bond donors (Lipinski definition) is 3. The van der Waals surface area contributed by atoms with Gasteiger partial charge in [0.1, 0.15) is 5.82 Å². The Morgan fingerprint density at radius 2 is 1.79 bits per heavy atom. The summed E-state index contributed by atoms with van der Waals surface area (Å²) in [5.74, 6) is -0.680. The van der Waals surface area contributed by atoms with Gasteiger partial charge in [0.2, 0.25) is 10.0 Å².